The number of hydrogen-bond donors (Lipinski definition) is 0. The number of thiocarbonyl (C=S) groups is 1. The minimum Gasteiger partial charge on any atom is -0.304 e. The summed E-state index contributed by atoms with van der Waals surface area (Å²) in [5, 5.41) is 0.874. The summed E-state index contributed by atoms with van der Waals surface area (Å²) >= 11 is 24.5. The Morgan fingerprint density at radius 1 is 0.786 bits per heavy atom. The van der Waals surface area contributed by atoms with Gasteiger partial charge in [-0.05, 0) is 30.7 Å². The van der Waals surface area contributed by atoms with Crippen LogP contribution >= 0.6 is 54.2 Å². The molecular weight excluding hydrogens is 454 g/mol. The summed E-state index contributed by atoms with van der Waals surface area (Å²) in [5.74, 6) is 0. The summed E-state index contributed by atoms with van der Waals surface area (Å²) in [5.41, 5.74) is 0.429. The molecule has 1 atom stereocenters. The molecule has 0 saturated heterocycles. The quantitative estimate of drug-likeness (QED) is 0.295. The van der Waals surface area contributed by atoms with Gasteiger partial charge in [0, 0.05) is 15.9 Å². The van der Waals surface area contributed by atoms with Crippen molar-refractivity contribution in [3.63, 3.8) is 0 Å². The fraction of sp³-hybridized carbons (Fsp3) is 0.0476. The van der Waals surface area contributed by atoms with Gasteiger partial charge in [-0.25, -0.2) is 0 Å². The van der Waals surface area contributed by atoms with E-state index in [9.17, 15) is 9.36 Å². The van der Waals surface area contributed by atoms with Crippen LogP contribution in [0.5, 0.6) is 0 Å². The predicted octanol–water partition coefficient (Wildman–Crippen LogP) is 7.16. The Balaban J connectivity index is 2.31. The molecule has 0 N–H and O–H groups in total. The van der Waals surface area contributed by atoms with E-state index < -0.39 is 12.7 Å². The molecule has 7 heteroatoms. The van der Waals surface area contributed by atoms with Crippen LogP contribution in [0.4, 0.5) is 0 Å². The molecule has 0 radical (unpaired) electrons. The summed E-state index contributed by atoms with van der Waals surface area (Å²) in [4.78, 5) is 13.6. The molecule has 3 aromatic carbocycles. The van der Waals surface area contributed by atoms with Gasteiger partial charge in [0.25, 0.3) is 0 Å². The van der Waals surface area contributed by atoms with Crippen LogP contribution in [0, 0.1) is 6.92 Å². The lowest BCUT2D eigenvalue weighted by Crippen LogP contribution is -2.21. The lowest BCUT2D eigenvalue weighted by Gasteiger charge is -2.21. The molecule has 1 unspecified atom stereocenters. The minimum absolute atomic E-state index is 0.00919. The van der Waals surface area contributed by atoms with Crippen molar-refractivity contribution >= 4 is 69.6 Å². The van der Waals surface area contributed by atoms with Crippen molar-refractivity contribution in [1.29, 1.82) is 0 Å². The van der Waals surface area contributed by atoms with Crippen LogP contribution < -0.4 is 5.30 Å². The SMILES string of the molecule is Cc1cccc(Cl)c1C(=S)P(=O)(C(=O)c1c(Cl)cccc1Cl)c1ccccc1. The molecular formula is C21H14Cl3O2PS. The topological polar surface area (TPSA) is 34.1 Å². The lowest BCUT2D eigenvalue weighted by molar-refractivity contribution is 0.107. The molecule has 0 aromatic heterocycles. The number of benzene rings is 3. The summed E-state index contributed by atoms with van der Waals surface area (Å²) in [7, 11) is -3.97. The molecule has 0 saturated carbocycles. The highest BCUT2D eigenvalue weighted by Gasteiger charge is 2.42. The van der Waals surface area contributed by atoms with Crippen molar-refractivity contribution in [1.82, 2.24) is 0 Å². The smallest absolute Gasteiger partial charge is 0.233 e. The van der Waals surface area contributed by atoms with Crippen LogP contribution in [0.3, 0.4) is 0 Å². The Hall–Kier alpha value is -1.48. The number of carbonyl (C=O) groups is 1. The average molecular weight is 468 g/mol. The molecule has 0 aliphatic heterocycles. The van der Waals surface area contributed by atoms with Gasteiger partial charge >= 0.3 is 0 Å². The van der Waals surface area contributed by atoms with Gasteiger partial charge in [-0.15, -0.1) is 0 Å². The first-order chi connectivity index (χ1) is 13.3. The number of rotatable bonds is 5. The van der Waals surface area contributed by atoms with Crippen molar-refractivity contribution in [3.8, 4) is 0 Å². The third-order valence-electron chi connectivity index (χ3n) is 4.30. The fourth-order valence-electron chi connectivity index (χ4n) is 2.88. The zero-order valence-corrected chi connectivity index (χ0v) is 18.6. The first kappa shape index (κ1) is 21.2. The maximum absolute atomic E-state index is 14.4. The normalized spacial score (nSPS) is 13.0. The minimum atomic E-state index is -3.97. The Morgan fingerprint density at radius 3 is 1.82 bits per heavy atom. The molecule has 0 aliphatic carbocycles. The molecule has 0 bridgehead atoms. The number of halogens is 3. The number of aryl methyl sites for hydroxylation is 1. The van der Waals surface area contributed by atoms with Gasteiger partial charge in [0.2, 0.25) is 12.7 Å². The second kappa shape index (κ2) is 8.49. The highest BCUT2D eigenvalue weighted by molar-refractivity contribution is 8.12. The van der Waals surface area contributed by atoms with Crippen molar-refractivity contribution in [3.05, 3.63) is 98.5 Å². The predicted molar refractivity (Wildman–Crippen MR) is 122 cm³/mol. The molecule has 3 aromatic rings. The molecule has 28 heavy (non-hydrogen) atoms. The van der Waals surface area contributed by atoms with Crippen molar-refractivity contribution in [2.75, 3.05) is 0 Å². The Morgan fingerprint density at radius 2 is 1.29 bits per heavy atom. The van der Waals surface area contributed by atoms with E-state index >= 15 is 0 Å². The van der Waals surface area contributed by atoms with Crippen molar-refractivity contribution in [2.45, 2.75) is 6.92 Å². The van der Waals surface area contributed by atoms with Crippen molar-refractivity contribution in [2.24, 2.45) is 0 Å². The van der Waals surface area contributed by atoms with Gasteiger partial charge in [0.1, 0.15) is 0 Å². The van der Waals surface area contributed by atoms with Crippen LogP contribution in [0.15, 0.2) is 66.7 Å². The zero-order valence-electron chi connectivity index (χ0n) is 14.7. The summed E-state index contributed by atoms with van der Waals surface area (Å²) < 4.78 is 14.3. The van der Waals surface area contributed by atoms with Crippen LogP contribution in [-0.4, -0.2) is 10.1 Å². The van der Waals surface area contributed by atoms with Crippen LogP contribution in [0.2, 0.25) is 15.1 Å². The lowest BCUT2D eigenvalue weighted by atomic mass is 10.1. The van der Waals surface area contributed by atoms with E-state index in [-0.39, 0.29) is 20.2 Å². The molecule has 0 fully saturated rings. The number of hydrogen-bond acceptors (Lipinski definition) is 3. The van der Waals surface area contributed by atoms with Crippen LogP contribution in [-0.2, 0) is 4.57 Å². The molecule has 3 rings (SSSR count). The Bertz CT molecular complexity index is 1020. The highest BCUT2D eigenvalue weighted by atomic mass is 35.5. The van der Waals surface area contributed by atoms with Crippen molar-refractivity contribution < 1.29 is 9.36 Å². The number of carbonyl (C=O) groups excluding carboxylic acids is 1. The van der Waals surface area contributed by atoms with E-state index in [1.54, 1.807) is 61.5 Å². The molecule has 0 heterocycles. The van der Waals surface area contributed by atoms with E-state index in [0.717, 1.165) is 5.56 Å². The van der Waals surface area contributed by atoms with Gasteiger partial charge in [-0.1, -0.05) is 95.6 Å². The van der Waals surface area contributed by atoms with Crippen LogP contribution in [0.25, 0.3) is 0 Å². The molecule has 0 amide bonds. The third-order valence-corrected chi connectivity index (χ3v) is 8.84. The Kier molecular flexibility index (Phi) is 6.44. The Labute approximate surface area is 183 Å². The molecule has 0 aliphatic rings. The highest BCUT2D eigenvalue weighted by Crippen LogP contribution is 2.54. The van der Waals surface area contributed by atoms with E-state index in [0.29, 0.717) is 15.9 Å². The third kappa shape index (κ3) is 3.70. The van der Waals surface area contributed by atoms with Crippen LogP contribution in [0.1, 0.15) is 21.5 Å². The summed E-state index contributed by atoms with van der Waals surface area (Å²) in [6.45, 7) is 1.80. The zero-order chi connectivity index (χ0) is 20.5. The fourth-order valence-corrected chi connectivity index (χ4v) is 7.27. The van der Waals surface area contributed by atoms with Gasteiger partial charge in [0.15, 0.2) is 0 Å². The first-order valence-corrected chi connectivity index (χ1v) is 11.5. The largest absolute Gasteiger partial charge is 0.304 e. The molecule has 0 spiro atoms. The summed E-state index contributed by atoms with van der Waals surface area (Å²) in [6.07, 6.45) is 0. The second-order valence-electron chi connectivity index (χ2n) is 6.08. The van der Waals surface area contributed by atoms with E-state index in [1.165, 1.54) is 12.1 Å². The molecule has 2 nitrogen and oxygen atoms in total. The first-order valence-electron chi connectivity index (χ1n) is 8.23. The maximum Gasteiger partial charge on any atom is 0.233 e. The monoisotopic (exact) mass is 466 g/mol. The molecule has 142 valence electrons. The van der Waals surface area contributed by atoms with E-state index in [4.69, 9.17) is 47.0 Å². The van der Waals surface area contributed by atoms with Gasteiger partial charge < -0.3 is 4.57 Å². The second-order valence-corrected chi connectivity index (χ2v) is 10.6. The maximum atomic E-state index is 14.4. The van der Waals surface area contributed by atoms with Gasteiger partial charge in [-0.3, -0.25) is 4.79 Å². The van der Waals surface area contributed by atoms with Gasteiger partial charge in [-0.2, -0.15) is 0 Å². The van der Waals surface area contributed by atoms with E-state index in [2.05, 4.69) is 0 Å². The summed E-state index contributed by atoms with van der Waals surface area (Å²) in [6, 6.07) is 18.3. The van der Waals surface area contributed by atoms with E-state index in [1.807, 2.05) is 0 Å². The standard InChI is InChI=1S/C21H14Cl3O2PS/c1-13-7-5-10-15(22)18(13)21(28)27(26,14-8-3-2-4-9-14)20(25)19-16(23)11-6-12-17(19)24/h2-12H,1H3. The van der Waals surface area contributed by atoms with Gasteiger partial charge in [0.05, 0.1) is 20.2 Å². The average Bonchev–Trinajstić information content (AvgIpc) is 2.67.